The third-order valence-corrected chi connectivity index (χ3v) is 5.18. The molecule has 0 radical (unpaired) electrons. The number of carbonyl (C=O) groups is 1. The Hall–Kier alpha value is -4.43. The summed E-state index contributed by atoms with van der Waals surface area (Å²) < 4.78 is 30.1. The number of amides is 2. The molecule has 184 valence electrons. The molecule has 3 aromatic carbocycles. The van der Waals surface area contributed by atoms with Gasteiger partial charge >= 0.3 is 6.03 Å². The van der Waals surface area contributed by atoms with Crippen LogP contribution in [0.1, 0.15) is 16.7 Å². The summed E-state index contributed by atoms with van der Waals surface area (Å²) in [5.74, 6) is 1.01. The van der Waals surface area contributed by atoms with Gasteiger partial charge in [0.05, 0.1) is 20.3 Å². The van der Waals surface area contributed by atoms with Crippen LogP contribution >= 0.6 is 0 Å². The van der Waals surface area contributed by atoms with Gasteiger partial charge in [-0.1, -0.05) is 36.4 Å². The number of pyridine rings is 1. The summed E-state index contributed by atoms with van der Waals surface area (Å²) in [6.45, 7) is 1.04. The molecule has 2 amide bonds. The van der Waals surface area contributed by atoms with Gasteiger partial charge in [0.25, 0.3) is 0 Å². The largest absolute Gasteiger partial charge is 0.497 e. The van der Waals surface area contributed by atoms with E-state index in [9.17, 15) is 9.18 Å². The van der Waals surface area contributed by atoms with Crippen molar-refractivity contribution in [3.63, 3.8) is 0 Å². The first-order valence-electron chi connectivity index (χ1n) is 11.3. The summed E-state index contributed by atoms with van der Waals surface area (Å²) >= 11 is 0. The van der Waals surface area contributed by atoms with Crippen LogP contribution in [0, 0.1) is 5.82 Å². The highest BCUT2D eigenvalue weighted by molar-refractivity contribution is 5.89. The van der Waals surface area contributed by atoms with Crippen LogP contribution in [-0.4, -0.2) is 18.1 Å². The zero-order valence-corrected chi connectivity index (χ0v) is 19.7. The number of halogens is 1. The van der Waals surface area contributed by atoms with Crippen molar-refractivity contribution in [3.8, 4) is 17.4 Å². The predicted molar refractivity (Wildman–Crippen MR) is 134 cm³/mol. The van der Waals surface area contributed by atoms with Crippen molar-refractivity contribution < 1.29 is 23.4 Å². The average molecular weight is 488 g/mol. The molecule has 7 nitrogen and oxygen atoms in total. The molecule has 1 aromatic heterocycles. The predicted octanol–water partition coefficient (Wildman–Crippen LogP) is 6.06. The van der Waals surface area contributed by atoms with Crippen LogP contribution in [0.3, 0.4) is 0 Å². The van der Waals surface area contributed by atoms with Crippen LogP contribution in [0.25, 0.3) is 0 Å². The van der Waals surface area contributed by atoms with Gasteiger partial charge in [-0.05, 0) is 53.6 Å². The standard InChI is InChI=1S/C28H26FN3O4/c1-34-25-12-10-20(11-13-25)18-35-19-21-5-2-8-24(15-21)32-28(33)31-17-22-6-4-14-30-27(22)36-26-9-3-7-23(29)16-26/h2-16H,17-19H2,1H3,(H2,31,32,33). The first-order chi connectivity index (χ1) is 17.6. The van der Waals surface area contributed by atoms with E-state index in [-0.39, 0.29) is 12.6 Å². The van der Waals surface area contributed by atoms with Gasteiger partial charge in [-0.15, -0.1) is 0 Å². The minimum atomic E-state index is -0.407. The third kappa shape index (κ3) is 7.28. The highest BCUT2D eigenvalue weighted by atomic mass is 19.1. The van der Waals surface area contributed by atoms with Crippen LogP contribution in [0.15, 0.2) is 91.1 Å². The summed E-state index contributed by atoms with van der Waals surface area (Å²) in [5.41, 5.74) is 3.26. The Kier molecular flexibility index (Phi) is 8.45. The van der Waals surface area contributed by atoms with Crippen LogP contribution < -0.4 is 20.1 Å². The Bertz CT molecular complexity index is 1300. The molecule has 4 aromatic rings. The number of aromatic nitrogens is 1. The second-order valence-electron chi connectivity index (χ2n) is 7.88. The number of rotatable bonds is 10. The second kappa shape index (κ2) is 12.3. The van der Waals surface area contributed by atoms with Gasteiger partial charge in [0.15, 0.2) is 0 Å². The van der Waals surface area contributed by atoms with Gasteiger partial charge in [-0.2, -0.15) is 0 Å². The molecule has 0 aliphatic carbocycles. The van der Waals surface area contributed by atoms with Gasteiger partial charge in [0.2, 0.25) is 5.88 Å². The maximum absolute atomic E-state index is 13.5. The minimum absolute atomic E-state index is 0.176. The van der Waals surface area contributed by atoms with E-state index < -0.39 is 5.82 Å². The van der Waals surface area contributed by atoms with Gasteiger partial charge in [0.1, 0.15) is 17.3 Å². The van der Waals surface area contributed by atoms with Crippen LogP contribution in [-0.2, 0) is 24.5 Å². The Balaban J connectivity index is 1.28. The number of benzene rings is 3. The van der Waals surface area contributed by atoms with Gasteiger partial charge in [-0.25, -0.2) is 14.2 Å². The Morgan fingerprint density at radius 1 is 0.889 bits per heavy atom. The van der Waals surface area contributed by atoms with Crippen LogP contribution in [0.4, 0.5) is 14.9 Å². The minimum Gasteiger partial charge on any atom is -0.497 e. The van der Waals surface area contributed by atoms with Crippen molar-refractivity contribution in [1.82, 2.24) is 10.3 Å². The average Bonchev–Trinajstić information content (AvgIpc) is 2.89. The van der Waals surface area contributed by atoms with Crippen LogP contribution in [0.5, 0.6) is 17.4 Å². The smallest absolute Gasteiger partial charge is 0.319 e. The molecule has 1 heterocycles. The number of hydrogen-bond acceptors (Lipinski definition) is 5. The molecule has 0 saturated carbocycles. The lowest BCUT2D eigenvalue weighted by Crippen LogP contribution is -2.28. The van der Waals surface area contributed by atoms with E-state index in [1.54, 1.807) is 43.6 Å². The number of urea groups is 1. The van der Waals surface area contributed by atoms with E-state index in [1.807, 2.05) is 42.5 Å². The van der Waals surface area contributed by atoms with E-state index in [0.29, 0.717) is 36.1 Å². The van der Waals surface area contributed by atoms with E-state index >= 15 is 0 Å². The Labute approximate surface area is 208 Å². The quantitative estimate of drug-likeness (QED) is 0.284. The zero-order valence-electron chi connectivity index (χ0n) is 19.7. The maximum atomic E-state index is 13.5. The topological polar surface area (TPSA) is 81.7 Å². The number of nitrogens with zero attached hydrogens (tertiary/aromatic N) is 1. The van der Waals surface area contributed by atoms with Crippen molar-refractivity contribution in [3.05, 3.63) is 114 Å². The molecule has 0 fully saturated rings. The lowest BCUT2D eigenvalue weighted by atomic mass is 10.2. The molecule has 0 unspecified atom stereocenters. The molecule has 4 rings (SSSR count). The van der Waals surface area contributed by atoms with Gasteiger partial charge in [0, 0.05) is 30.1 Å². The molecule has 0 aliphatic rings. The van der Waals surface area contributed by atoms with Gasteiger partial charge < -0.3 is 24.8 Å². The fourth-order valence-electron chi connectivity index (χ4n) is 3.39. The summed E-state index contributed by atoms with van der Waals surface area (Å²) in [7, 11) is 1.63. The summed E-state index contributed by atoms with van der Waals surface area (Å²) in [6.07, 6.45) is 1.57. The number of carbonyl (C=O) groups excluding carboxylic acids is 1. The molecule has 0 spiro atoms. The molecular weight excluding hydrogens is 461 g/mol. The summed E-state index contributed by atoms with van der Waals surface area (Å²) in [5, 5.41) is 5.61. The molecule has 2 N–H and O–H groups in total. The summed E-state index contributed by atoms with van der Waals surface area (Å²) in [4.78, 5) is 16.7. The zero-order chi connectivity index (χ0) is 25.2. The number of hydrogen-bond donors (Lipinski definition) is 2. The molecular formula is C28H26FN3O4. The SMILES string of the molecule is COc1ccc(COCc2cccc(NC(=O)NCc3cccnc3Oc3cccc(F)c3)c2)cc1. The Morgan fingerprint density at radius 2 is 1.69 bits per heavy atom. The lowest BCUT2D eigenvalue weighted by Gasteiger charge is -2.12. The van der Waals surface area contributed by atoms with E-state index in [4.69, 9.17) is 14.2 Å². The first kappa shape index (κ1) is 24.7. The van der Waals surface area contributed by atoms with Gasteiger partial charge in [-0.3, -0.25) is 0 Å². The molecule has 0 atom stereocenters. The fraction of sp³-hybridized carbons (Fsp3) is 0.143. The fourth-order valence-corrected chi connectivity index (χ4v) is 3.39. The molecule has 0 bridgehead atoms. The maximum Gasteiger partial charge on any atom is 0.319 e. The molecule has 8 heteroatoms. The van der Waals surface area contributed by atoms with Crippen molar-refractivity contribution in [1.29, 1.82) is 0 Å². The highest BCUT2D eigenvalue weighted by Crippen LogP contribution is 2.23. The van der Waals surface area contributed by atoms with Crippen molar-refractivity contribution in [2.75, 3.05) is 12.4 Å². The van der Waals surface area contributed by atoms with E-state index in [1.165, 1.54) is 12.1 Å². The highest BCUT2D eigenvalue weighted by Gasteiger charge is 2.09. The van der Waals surface area contributed by atoms with Crippen LogP contribution in [0.2, 0.25) is 0 Å². The van der Waals surface area contributed by atoms with Crippen molar-refractivity contribution >= 4 is 11.7 Å². The van der Waals surface area contributed by atoms with Crippen molar-refractivity contribution in [2.24, 2.45) is 0 Å². The number of nitrogens with one attached hydrogen (secondary N) is 2. The Morgan fingerprint density at radius 3 is 2.50 bits per heavy atom. The normalized spacial score (nSPS) is 10.5. The summed E-state index contributed by atoms with van der Waals surface area (Å²) in [6, 6.07) is 24.1. The number of ether oxygens (including phenoxy) is 3. The van der Waals surface area contributed by atoms with E-state index in [2.05, 4.69) is 15.6 Å². The molecule has 36 heavy (non-hydrogen) atoms. The number of methoxy groups -OCH3 is 1. The number of anilines is 1. The lowest BCUT2D eigenvalue weighted by molar-refractivity contribution is 0.107. The third-order valence-electron chi connectivity index (χ3n) is 5.18. The van der Waals surface area contributed by atoms with E-state index in [0.717, 1.165) is 16.9 Å². The van der Waals surface area contributed by atoms with Crippen molar-refractivity contribution in [2.45, 2.75) is 19.8 Å². The second-order valence-corrected chi connectivity index (χ2v) is 7.88. The monoisotopic (exact) mass is 487 g/mol. The molecule has 0 aliphatic heterocycles. The molecule has 0 saturated heterocycles. The first-order valence-corrected chi connectivity index (χ1v) is 11.3.